The highest BCUT2D eigenvalue weighted by Crippen LogP contribution is 2.24. The number of para-hydroxylation sites is 1. The quantitative estimate of drug-likeness (QED) is 0.859. The number of halogens is 1. The van der Waals surface area contributed by atoms with E-state index in [0.29, 0.717) is 30.6 Å². The first kappa shape index (κ1) is 15.5. The second-order valence-corrected chi connectivity index (χ2v) is 5.14. The van der Waals surface area contributed by atoms with E-state index >= 15 is 0 Å². The lowest BCUT2D eigenvalue weighted by molar-refractivity contribution is 0.217. The number of aromatic hydroxyl groups is 1. The fraction of sp³-hybridized carbons (Fsp3) is 0.294. The Hall–Kier alpha value is -1.91. The van der Waals surface area contributed by atoms with Crippen molar-refractivity contribution in [1.29, 1.82) is 0 Å². The van der Waals surface area contributed by atoms with Crippen LogP contribution in [0.25, 0.3) is 0 Å². The number of likely N-dealkylation sites (N-methyl/N-ethyl adjacent to an activating group) is 1. The third-order valence-electron chi connectivity index (χ3n) is 3.50. The van der Waals surface area contributed by atoms with Crippen LogP contribution in [0.15, 0.2) is 42.5 Å². The van der Waals surface area contributed by atoms with Crippen LogP contribution in [-0.4, -0.2) is 35.3 Å². The van der Waals surface area contributed by atoms with Crippen LogP contribution in [-0.2, 0) is 13.0 Å². The molecule has 0 aliphatic rings. The van der Waals surface area contributed by atoms with Crippen molar-refractivity contribution in [2.75, 3.05) is 20.2 Å². The van der Waals surface area contributed by atoms with Crippen molar-refractivity contribution in [3.63, 3.8) is 0 Å². The molecular weight excluding hydrogens is 269 g/mol. The maximum absolute atomic E-state index is 14.2. The predicted octanol–water partition coefficient (Wildman–Crippen LogP) is 2.55. The molecule has 0 radical (unpaired) electrons. The second kappa shape index (κ2) is 7.20. The third-order valence-corrected chi connectivity index (χ3v) is 3.50. The fourth-order valence-corrected chi connectivity index (χ4v) is 2.34. The van der Waals surface area contributed by atoms with Gasteiger partial charge in [-0.15, -0.1) is 0 Å². The zero-order chi connectivity index (χ0) is 15.2. The van der Waals surface area contributed by atoms with Gasteiger partial charge in [-0.25, -0.2) is 4.39 Å². The van der Waals surface area contributed by atoms with Crippen LogP contribution in [0, 0.1) is 5.82 Å². The number of hydrogen-bond acceptors (Lipinski definition) is 3. The molecule has 21 heavy (non-hydrogen) atoms. The Labute approximate surface area is 124 Å². The molecule has 0 heterocycles. The van der Waals surface area contributed by atoms with Crippen molar-refractivity contribution in [3.05, 3.63) is 65.0 Å². The molecule has 0 aliphatic heterocycles. The highest BCUT2D eigenvalue weighted by Gasteiger charge is 2.12. The van der Waals surface area contributed by atoms with Crippen molar-refractivity contribution < 1.29 is 14.6 Å². The van der Waals surface area contributed by atoms with Gasteiger partial charge in [-0.3, -0.25) is 4.90 Å². The number of aliphatic hydroxyl groups excluding tert-OH is 1. The summed E-state index contributed by atoms with van der Waals surface area (Å²) < 4.78 is 14.2. The van der Waals surface area contributed by atoms with Crippen LogP contribution in [0.4, 0.5) is 4.39 Å². The molecule has 0 bridgehead atoms. The van der Waals surface area contributed by atoms with Crippen molar-refractivity contribution in [3.8, 4) is 5.75 Å². The van der Waals surface area contributed by atoms with E-state index in [4.69, 9.17) is 5.11 Å². The van der Waals surface area contributed by atoms with Gasteiger partial charge >= 0.3 is 0 Å². The van der Waals surface area contributed by atoms with E-state index in [9.17, 15) is 9.50 Å². The monoisotopic (exact) mass is 289 g/mol. The lowest BCUT2D eigenvalue weighted by Crippen LogP contribution is -2.22. The van der Waals surface area contributed by atoms with E-state index in [1.165, 1.54) is 6.07 Å². The van der Waals surface area contributed by atoms with Gasteiger partial charge in [0.05, 0.1) is 6.61 Å². The lowest BCUT2D eigenvalue weighted by atomic mass is 9.98. The average Bonchev–Trinajstić information content (AvgIpc) is 2.45. The average molecular weight is 289 g/mol. The minimum absolute atomic E-state index is 0.0701. The zero-order valence-corrected chi connectivity index (χ0v) is 12.1. The Morgan fingerprint density at radius 3 is 2.48 bits per heavy atom. The van der Waals surface area contributed by atoms with Crippen LogP contribution in [0.5, 0.6) is 5.75 Å². The van der Waals surface area contributed by atoms with Crippen LogP contribution >= 0.6 is 0 Å². The van der Waals surface area contributed by atoms with Crippen molar-refractivity contribution >= 4 is 0 Å². The Kier molecular flexibility index (Phi) is 5.31. The molecule has 0 unspecified atom stereocenters. The van der Waals surface area contributed by atoms with E-state index in [2.05, 4.69) is 0 Å². The molecule has 0 spiro atoms. The summed E-state index contributed by atoms with van der Waals surface area (Å²) in [6.45, 7) is 1.16. The third kappa shape index (κ3) is 4.03. The van der Waals surface area contributed by atoms with Gasteiger partial charge < -0.3 is 10.2 Å². The summed E-state index contributed by atoms with van der Waals surface area (Å²) in [7, 11) is 1.88. The molecule has 0 saturated carbocycles. The first-order valence-corrected chi connectivity index (χ1v) is 6.94. The van der Waals surface area contributed by atoms with Crippen LogP contribution in [0.3, 0.4) is 0 Å². The summed E-state index contributed by atoms with van der Waals surface area (Å²) >= 11 is 0. The van der Waals surface area contributed by atoms with Crippen LogP contribution in [0.1, 0.15) is 16.7 Å². The molecule has 4 heteroatoms. The normalized spacial score (nSPS) is 11.0. The number of nitrogens with zero attached hydrogens (tertiary/aromatic N) is 1. The molecule has 0 aromatic heterocycles. The number of rotatable bonds is 6. The van der Waals surface area contributed by atoms with Gasteiger partial charge in [0.2, 0.25) is 0 Å². The molecule has 2 N–H and O–H groups in total. The van der Waals surface area contributed by atoms with Gasteiger partial charge in [0.15, 0.2) is 0 Å². The van der Waals surface area contributed by atoms with Crippen molar-refractivity contribution in [1.82, 2.24) is 4.90 Å². The number of benzene rings is 2. The molecule has 0 amide bonds. The summed E-state index contributed by atoms with van der Waals surface area (Å²) in [6, 6.07) is 12.0. The molecule has 2 aromatic carbocycles. The second-order valence-electron chi connectivity index (χ2n) is 5.14. The Balaban J connectivity index is 2.28. The first-order valence-electron chi connectivity index (χ1n) is 6.94. The molecule has 0 saturated heterocycles. The Morgan fingerprint density at radius 2 is 1.76 bits per heavy atom. The summed E-state index contributed by atoms with van der Waals surface area (Å²) in [5.41, 5.74) is 2.16. The Bertz CT molecular complexity index is 601. The topological polar surface area (TPSA) is 43.7 Å². The molecular formula is C17H20FNO2. The van der Waals surface area contributed by atoms with E-state index in [-0.39, 0.29) is 18.2 Å². The largest absolute Gasteiger partial charge is 0.508 e. The lowest BCUT2D eigenvalue weighted by Gasteiger charge is -2.18. The smallest absolute Gasteiger partial charge is 0.127 e. The molecule has 0 atom stereocenters. The number of phenols is 1. The standard InChI is InChI=1S/C17H20FNO2/c1-19(9-10-20)12-14-6-4-7-16(18)15(14)11-13-5-2-3-8-17(13)21/h2-8,20-21H,9-12H2,1H3. The highest BCUT2D eigenvalue weighted by molar-refractivity contribution is 5.39. The Morgan fingerprint density at radius 1 is 1.05 bits per heavy atom. The zero-order valence-electron chi connectivity index (χ0n) is 12.1. The first-order chi connectivity index (χ1) is 10.1. The van der Waals surface area contributed by atoms with E-state index in [0.717, 1.165) is 5.56 Å². The van der Waals surface area contributed by atoms with Crippen LogP contribution in [0.2, 0.25) is 0 Å². The minimum atomic E-state index is -0.270. The number of phenolic OH excluding ortho intramolecular Hbond substituents is 1. The molecule has 3 nitrogen and oxygen atoms in total. The van der Waals surface area contributed by atoms with E-state index < -0.39 is 0 Å². The number of hydrogen-bond donors (Lipinski definition) is 2. The van der Waals surface area contributed by atoms with Gasteiger partial charge in [0.25, 0.3) is 0 Å². The molecule has 112 valence electrons. The predicted molar refractivity (Wildman–Crippen MR) is 80.7 cm³/mol. The fourth-order valence-electron chi connectivity index (χ4n) is 2.34. The van der Waals surface area contributed by atoms with Crippen molar-refractivity contribution in [2.45, 2.75) is 13.0 Å². The van der Waals surface area contributed by atoms with E-state index in [1.54, 1.807) is 24.3 Å². The molecule has 0 aliphatic carbocycles. The summed E-state index contributed by atoms with van der Waals surface area (Å²) in [5.74, 6) is -0.0939. The number of aliphatic hydroxyl groups is 1. The maximum atomic E-state index is 14.2. The summed E-state index contributed by atoms with van der Waals surface area (Å²) in [4.78, 5) is 1.93. The molecule has 0 fully saturated rings. The summed E-state index contributed by atoms with van der Waals surface area (Å²) in [5, 5.41) is 18.8. The highest BCUT2D eigenvalue weighted by atomic mass is 19.1. The van der Waals surface area contributed by atoms with E-state index in [1.807, 2.05) is 24.1 Å². The summed E-state index contributed by atoms with van der Waals surface area (Å²) in [6.07, 6.45) is 0.349. The molecule has 2 rings (SSSR count). The van der Waals surface area contributed by atoms with Gasteiger partial charge in [-0.2, -0.15) is 0 Å². The van der Waals surface area contributed by atoms with Crippen molar-refractivity contribution in [2.24, 2.45) is 0 Å². The maximum Gasteiger partial charge on any atom is 0.127 e. The van der Waals surface area contributed by atoms with Gasteiger partial charge in [-0.05, 0) is 35.9 Å². The minimum Gasteiger partial charge on any atom is -0.508 e. The molecule has 2 aromatic rings. The van der Waals surface area contributed by atoms with Gasteiger partial charge in [0, 0.05) is 19.5 Å². The van der Waals surface area contributed by atoms with Crippen LogP contribution < -0.4 is 0 Å². The SMILES string of the molecule is CN(CCO)Cc1cccc(F)c1Cc1ccccc1O. The van der Waals surface area contributed by atoms with Gasteiger partial charge in [-0.1, -0.05) is 30.3 Å². The van der Waals surface area contributed by atoms with Gasteiger partial charge in [0.1, 0.15) is 11.6 Å².